The number of nitrogens with one attached hydrogen (secondary N) is 2. The molecule has 0 saturated heterocycles. The standard InChI is InChI=1S/C13H24N2O5/c1-13(2,3)20-12(19)15-9-5-8-14-10(16)6-4-7-11(17)18/h4-9H2,1-3H3,(H,14,16)(H,15,19)(H,17,18). The van der Waals surface area contributed by atoms with Gasteiger partial charge in [-0.3, -0.25) is 9.59 Å². The Hall–Kier alpha value is -1.79. The average Bonchev–Trinajstić information content (AvgIpc) is 2.25. The lowest BCUT2D eigenvalue weighted by Gasteiger charge is -2.19. The summed E-state index contributed by atoms with van der Waals surface area (Å²) in [6, 6.07) is 0. The van der Waals surface area contributed by atoms with Gasteiger partial charge in [-0.1, -0.05) is 0 Å². The highest BCUT2D eigenvalue weighted by atomic mass is 16.6. The van der Waals surface area contributed by atoms with Gasteiger partial charge in [-0.2, -0.15) is 0 Å². The Morgan fingerprint density at radius 2 is 1.60 bits per heavy atom. The predicted molar refractivity (Wildman–Crippen MR) is 73.4 cm³/mol. The van der Waals surface area contributed by atoms with E-state index in [0.29, 0.717) is 25.9 Å². The number of hydrogen-bond donors (Lipinski definition) is 3. The Morgan fingerprint density at radius 3 is 2.15 bits per heavy atom. The highest BCUT2D eigenvalue weighted by Crippen LogP contribution is 2.06. The second-order valence-electron chi connectivity index (χ2n) is 5.38. The largest absolute Gasteiger partial charge is 0.481 e. The van der Waals surface area contributed by atoms with Gasteiger partial charge in [0.25, 0.3) is 0 Å². The van der Waals surface area contributed by atoms with Gasteiger partial charge >= 0.3 is 12.1 Å². The minimum absolute atomic E-state index is 0.00633. The highest BCUT2D eigenvalue weighted by molar-refractivity contribution is 5.76. The Kier molecular flexibility index (Phi) is 8.35. The number of amides is 2. The molecule has 3 N–H and O–H groups in total. The molecule has 0 unspecified atom stereocenters. The van der Waals surface area contributed by atoms with E-state index in [2.05, 4.69) is 10.6 Å². The molecule has 0 spiro atoms. The van der Waals surface area contributed by atoms with Crippen molar-refractivity contribution in [3.63, 3.8) is 0 Å². The number of carboxylic acids is 1. The highest BCUT2D eigenvalue weighted by Gasteiger charge is 2.15. The quantitative estimate of drug-likeness (QED) is 0.583. The van der Waals surface area contributed by atoms with E-state index < -0.39 is 17.7 Å². The summed E-state index contributed by atoms with van der Waals surface area (Å²) in [5.74, 6) is -1.08. The summed E-state index contributed by atoms with van der Waals surface area (Å²) >= 11 is 0. The molecule has 0 heterocycles. The van der Waals surface area contributed by atoms with Gasteiger partial charge in [-0.15, -0.1) is 0 Å². The van der Waals surface area contributed by atoms with E-state index in [4.69, 9.17) is 9.84 Å². The van der Waals surface area contributed by atoms with Crippen LogP contribution in [0, 0.1) is 0 Å². The van der Waals surface area contributed by atoms with E-state index in [1.54, 1.807) is 20.8 Å². The first-order valence-corrected chi connectivity index (χ1v) is 6.66. The van der Waals surface area contributed by atoms with Gasteiger partial charge in [0.15, 0.2) is 0 Å². The molecule has 0 atom stereocenters. The third kappa shape index (κ3) is 12.7. The maximum Gasteiger partial charge on any atom is 0.407 e. The minimum atomic E-state index is -0.903. The van der Waals surface area contributed by atoms with Gasteiger partial charge in [0.05, 0.1) is 0 Å². The maximum atomic E-state index is 11.3. The molecule has 0 aliphatic heterocycles. The van der Waals surface area contributed by atoms with Crippen molar-refractivity contribution in [2.24, 2.45) is 0 Å². The number of carbonyl (C=O) groups is 3. The Balaban J connectivity index is 3.50. The van der Waals surface area contributed by atoms with Gasteiger partial charge in [-0.25, -0.2) is 4.79 Å². The zero-order valence-electron chi connectivity index (χ0n) is 12.3. The van der Waals surface area contributed by atoms with Gasteiger partial charge in [-0.05, 0) is 33.6 Å². The Labute approximate surface area is 119 Å². The molecule has 0 aliphatic carbocycles. The molecule has 2 amide bonds. The number of hydrogen-bond acceptors (Lipinski definition) is 4. The van der Waals surface area contributed by atoms with Crippen LogP contribution < -0.4 is 10.6 Å². The first kappa shape index (κ1) is 18.2. The minimum Gasteiger partial charge on any atom is -0.481 e. The molecule has 0 radical (unpaired) electrons. The number of alkyl carbamates (subject to hydrolysis) is 1. The maximum absolute atomic E-state index is 11.3. The number of carboxylic acid groups (broad SMARTS) is 1. The normalized spacial score (nSPS) is 10.8. The third-order valence-electron chi connectivity index (χ3n) is 2.14. The summed E-state index contributed by atoms with van der Waals surface area (Å²) in [7, 11) is 0. The SMILES string of the molecule is CC(C)(C)OC(=O)NCCCNC(=O)CCCC(=O)O. The summed E-state index contributed by atoms with van der Waals surface area (Å²) in [6.07, 6.45) is 0.631. The number of aliphatic carboxylic acids is 1. The zero-order chi connectivity index (χ0) is 15.6. The second kappa shape index (κ2) is 9.17. The second-order valence-corrected chi connectivity index (χ2v) is 5.38. The van der Waals surface area contributed by atoms with Crippen molar-refractivity contribution < 1.29 is 24.2 Å². The summed E-state index contributed by atoms with van der Waals surface area (Å²) in [4.78, 5) is 32.8. The topological polar surface area (TPSA) is 105 Å². The summed E-state index contributed by atoms with van der Waals surface area (Å²) in [5.41, 5.74) is -0.525. The van der Waals surface area contributed by atoms with Crippen molar-refractivity contribution >= 4 is 18.0 Å². The summed E-state index contributed by atoms with van der Waals surface area (Å²) in [5, 5.41) is 13.7. The number of ether oxygens (including phenoxy) is 1. The van der Waals surface area contributed by atoms with Crippen molar-refractivity contribution in [1.29, 1.82) is 0 Å². The van der Waals surface area contributed by atoms with Crippen LogP contribution in [-0.4, -0.2) is 41.8 Å². The van der Waals surface area contributed by atoms with Crippen molar-refractivity contribution in [1.82, 2.24) is 10.6 Å². The van der Waals surface area contributed by atoms with Crippen LogP contribution >= 0.6 is 0 Å². The zero-order valence-corrected chi connectivity index (χ0v) is 12.3. The number of carbonyl (C=O) groups excluding carboxylic acids is 2. The Bertz CT molecular complexity index is 336. The Morgan fingerprint density at radius 1 is 1.00 bits per heavy atom. The molecule has 0 aromatic rings. The molecule has 7 heteroatoms. The summed E-state index contributed by atoms with van der Waals surface area (Å²) in [6.45, 7) is 6.18. The van der Waals surface area contributed by atoms with E-state index in [0.717, 1.165) is 0 Å². The van der Waals surface area contributed by atoms with Crippen molar-refractivity contribution in [3.05, 3.63) is 0 Å². The van der Waals surface area contributed by atoms with Crippen LogP contribution in [0.1, 0.15) is 46.5 Å². The predicted octanol–water partition coefficient (Wildman–Crippen LogP) is 1.27. The molecular formula is C13H24N2O5. The molecule has 0 fully saturated rings. The van der Waals surface area contributed by atoms with Crippen LogP contribution in [0.5, 0.6) is 0 Å². The van der Waals surface area contributed by atoms with E-state index >= 15 is 0 Å². The van der Waals surface area contributed by atoms with Gasteiger partial charge in [0.2, 0.25) is 5.91 Å². The lowest BCUT2D eigenvalue weighted by Crippen LogP contribution is -2.34. The number of rotatable bonds is 8. The lowest BCUT2D eigenvalue weighted by atomic mass is 10.2. The van der Waals surface area contributed by atoms with Crippen LogP contribution in [0.4, 0.5) is 4.79 Å². The molecule has 20 heavy (non-hydrogen) atoms. The third-order valence-corrected chi connectivity index (χ3v) is 2.14. The van der Waals surface area contributed by atoms with Gasteiger partial charge < -0.3 is 20.5 Å². The molecule has 0 aromatic heterocycles. The molecule has 116 valence electrons. The van der Waals surface area contributed by atoms with Crippen molar-refractivity contribution in [2.75, 3.05) is 13.1 Å². The fraction of sp³-hybridized carbons (Fsp3) is 0.769. The molecule has 0 rings (SSSR count). The molecule has 0 saturated carbocycles. The fourth-order valence-corrected chi connectivity index (χ4v) is 1.31. The average molecular weight is 288 g/mol. The molecule has 0 aliphatic rings. The van der Waals surface area contributed by atoms with Crippen LogP contribution in [0.3, 0.4) is 0 Å². The lowest BCUT2D eigenvalue weighted by molar-refractivity contribution is -0.137. The van der Waals surface area contributed by atoms with E-state index in [9.17, 15) is 14.4 Å². The first-order chi connectivity index (χ1) is 9.20. The van der Waals surface area contributed by atoms with E-state index in [-0.39, 0.29) is 18.7 Å². The van der Waals surface area contributed by atoms with E-state index in [1.165, 1.54) is 0 Å². The first-order valence-electron chi connectivity index (χ1n) is 6.66. The van der Waals surface area contributed by atoms with Crippen LogP contribution in [0.25, 0.3) is 0 Å². The van der Waals surface area contributed by atoms with Crippen molar-refractivity contribution in [3.8, 4) is 0 Å². The van der Waals surface area contributed by atoms with E-state index in [1.807, 2.05) is 0 Å². The molecular weight excluding hydrogens is 264 g/mol. The smallest absolute Gasteiger partial charge is 0.407 e. The van der Waals surface area contributed by atoms with Gasteiger partial charge in [0.1, 0.15) is 5.60 Å². The van der Waals surface area contributed by atoms with Crippen LogP contribution in [-0.2, 0) is 14.3 Å². The summed E-state index contributed by atoms with van der Waals surface area (Å²) < 4.78 is 5.05. The van der Waals surface area contributed by atoms with Crippen molar-refractivity contribution in [2.45, 2.75) is 52.1 Å². The molecule has 0 aromatic carbocycles. The fourth-order valence-electron chi connectivity index (χ4n) is 1.31. The monoisotopic (exact) mass is 288 g/mol. The molecule has 7 nitrogen and oxygen atoms in total. The van der Waals surface area contributed by atoms with Crippen LogP contribution in [0.15, 0.2) is 0 Å². The van der Waals surface area contributed by atoms with Crippen LogP contribution in [0.2, 0.25) is 0 Å². The van der Waals surface area contributed by atoms with Gasteiger partial charge in [0, 0.05) is 25.9 Å². The molecule has 0 bridgehead atoms.